The molecule has 1 aromatic carbocycles. The van der Waals surface area contributed by atoms with E-state index in [9.17, 15) is 4.79 Å². The van der Waals surface area contributed by atoms with Gasteiger partial charge in [-0.3, -0.25) is 9.69 Å². The molecule has 9 nitrogen and oxygen atoms in total. The highest BCUT2D eigenvalue weighted by Crippen LogP contribution is 2.33. The second-order valence-electron chi connectivity index (χ2n) is 10.6. The van der Waals surface area contributed by atoms with Gasteiger partial charge in [0.25, 0.3) is 0 Å². The molecule has 2 aromatic rings. The van der Waals surface area contributed by atoms with E-state index in [0.29, 0.717) is 38.3 Å². The fraction of sp³-hybridized carbons (Fsp3) is 0.517. The number of fused-ring (bicyclic) bond motifs is 1. The second kappa shape index (κ2) is 11.5. The van der Waals surface area contributed by atoms with Crippen LogP contribution < -0.4 is 9.64 Å². The number of aromatic nitrogens is 2. The monoisotopic (exact) mass is 515 g/mol. The van der Waals surface area contributed by atoms with E-state index < -0.39 is 0 Å². The van der Waals surface area contributed by atoms with Gasteiger partial charge in [0.05, 0.1) is 5.69 Å². The number of ether oxygens (including phenoxy) is 1. The summed E-state index contributed by atoms with van der Waals surface area (Å²) in [7, 11) is 2.14. The summed E-state index contributed by atoms with van der Waals surface area (Å²) in [6, 6.07) is 9.08. The number of carbonyl (C=O) groups is 1. The maximum absolute atomic E-state index is 12.4. The van der Waals surface area contributed by atoms with Crippen LogP contribution in [0.5, 0.6) is 6.01 Å². The van der Waals surface area contributed by atoms with E-state index in [0.717, 1.165) is 49.7 Å². The predicted octanol–water partition coefficient (Wildman–Crippen LogP) is 2.90. The standard InChI is InChI=1S/C29H37N7O2/c1-5-27(37)36-14-13-35(17-24(36)15-30-3)28-25-18-34(16-22-10-7-6-9-21(22)2)19-26(25)31-29(32-28)38-20-23-11-8-12-33(23)4/h5-7,9-10,23-24H,1,8,11-20H2,2,4H3/t23-,24-/m0/s1. The molecule has 0 saturated carbocycles. The van der Waals surface area contributed by atoms with Crippen LogP contribution in [0.25, 0.3) is 4.85 Å². The molecule has 3 aliphatic rings. The number of hydrogen-bond acceptors (Lipinski definition) is 7. The van der Waals surface area contributed by atoms with E-state index in [1.165, 1.54) is 23.6 Å². The third kappa shape index (κ3) is 5.52. The predicted molar refractivity (Wildman–Crippen MR) is 147 cm³/mol. The molecule has 0 N–H and O–H groups in total. The van der Waals surface area contributed by atoms with Crippen LogP contribution in [0.4, 0.5) is 5.82 Å². The number of likely N-dealkylation sites (tertiary alicyclic amines) is 1. The number of nitrogens with zero attached hydrogens (tertiary/aromatic N) is 7. The van der Waals surface area contributed by atoms with Crippen LogP contribution in [-0.2, 0) is 24.4 Å². The van der Waals surface area contributed by atoms with Gasteiger partial charge in [-0.25, -0.2) is 6.57 Å². The van der Waals surface area contributed by atoms with Gasteiger partial charge < -0.3 is 24.3 Å². The number of carbonyl (C=O) groups excluding carboxylic acids is 1. The lowest BCUT2D eigenvalue weighted by atomic mass is 10.1. The largest absolute Gasteiger partial charge is 0.462 e. The highest BCUT2D eigenvalue weighted by atomic mass is 16.5. The Hall–Kier alpha value is -3.48. The number of anilines is 1. The van der Waals surface area contributed by atoms with Gasteiger partial charge in [0.1, 0.15) is 18.5 Å². The Kier molecular flexibility index (Phi) is 7.91. The molecule has 2 saturated heterocycles. The quantitative estimate of drug-likeness (QED) is 0.396. The SMILES string of the molecule is [C-]#[N+]C[C@H]1CN(c2nc(OC[C@@H]3CCCN3C)nc3c2CN(Cc2ccccc2C)C3)CCN1C(=O)C=C. The summed E-state index contributed by atoms with van der Waals surface area (Å²) in [5.41, 5.74) is 4.72. The molecule has 1 aromatic heterocycles. The van der Waals surface area contributed by atoms with Crippen LogP contribution in [0, 0.1) is 13.5 Å². The molecule has 2 fully saturated rings. The van der Waals surface area contributed by atoms with Crippen LogP contribution in [0.2, 0.25) is 0 Å². The van der Waals surface area contributed by atoms with E-state index in [4.69, 9.17) is 21.3 Å². The van der Waals surface area contributed by atoms with Crippen LogP contribution in [0.3, 0.4) is 0 Å². The van der Waals surface area contributed by atoms with E-state index in [1.54, 1.807) is 4.90 Å². The second-order valence-corrected chi connectivity index (χ2v) is 10.6. The van der Waals surface area contributed by atoms with E-state index in [1.807, 2.05) is 0 Å². The molecule has 38 heavy (non-hydrogen) atoms. The van der Waals surface area contributed by atoms with Gasteiger partial charge in [-0.2, -0.15) is 9.97 Å². The number of likely N-dealkylation sites (N-methyl/N-ethyl adjacent to an activating group) is 1. The van der Waals surface area contributed by atoms with Crippen molar-refractivity contribution in [3.63, 3.8) is 0 Å². The molecule has 9 heteroatoms. The third-order valence-electron chi connectivity index (χ3n) is 8.08. The molecule has 2 atom stereocenters. The molecular formula is C29H37N7O2. The number of piperazine rings is 1. The Bertz CT molecular complexity index is 1230. The zero-order valence-electron chi connectivity index (χ0n) is 22.5. The summed E-state index contributed by atoms with van der Waals surface area (Å²) in [5, 5.41) is 0. The van der Waals surface area contributed by atoms with Gasteiger partial charge in [-0.15, -0.1) is 0 Å². The van der Waals surface area contributed by atoms with Crippen molar-refractivity contribution in [2.75, 3.05) is 51.3 Å². The van der Waals surface area contributed by atoms with Gasteiger partial charge in [0, 0.05) is 50.9 Å². The maximum atomic E-state index is 12.4. The summed E-state index contributed by atoms with van der Waals surface area (Å²) >= 11 is 0. The first-order valence-corrected chi connectivity index (χ1v) is 13.5. The van der Waals surface area contributed by atoms with Crippen molar-refractivity contribution in [2.24, 2.45) is 0 Å². The summed E-state index contributed by atoms with van der Waals surface area (Å²) in [6.07, 6.45) is 3.64. The summed E-state index contributed by atoms with van der Waals surface area (Å²) in [6.45, 7) is 19.2. The van der Waals surface area contributed by atoms with Crippen LogP contribution >= 0.6 is 0 Å². The van der Waals surface area contributed by atoms with E-state index in [-0.39, 0.29) is 18.5 Å². The Morgan fingerprint density at radius 3 is 2.79 bits per heavy atom. The zero-order chi connectivity index (χ0) is 26.6. The van der Waals surface area contributed by atoms with Gasteiger partial charge in [0.15, 0.2) is 0 Å². The van der Waals surface area contributed by atoms with Crippen molar-refractivity contribution in [2.45, 2.75) is 51.5 Å². The molecule has 3 aliphatic heterocycles. The van der Waals surface area contributed by atoms with Crippen molar-refractivity contribution in [3.05, 3.63) is 70.7 Å². The molecule has 5 rings (SSSR count). The average molecular weight is 516 g/mol. The third-order valence-corrected chi connectivity index (χ3v) is 8.08. The number of aryl methyl sites for hydroxylation is 1. The molecule has 200 valence electrons. The van der Waals surface area contributed by atoms with Crippen LogP contribution in [-0.4, -0.2) is 89.0 Å². The minimum Gasteiger partial charge on any atom is -0.462 e. The molecule has 1 amide bonds. The summed E-state index contributed by atoms with van der Waals surface area (Å²) in [4.78, 5) is 34.6. The molecule has 0 bridgehead atoms. The first-order valence-electron chi connectivity index (χ1n) is 13.5. The average Bonchev–Trinajstić information content (AvgIpc) is 3.53. The Balaban J connectivity index is 1.41. The Labute approximate surface area is 225 Å². The Morgan fingerprint density at radius 1 is 1.21 bits per heavy atom. The number of rotatable bonds is 8. The van der Waals surface area contributed by atoms with Crippen molar-refractivity contribution in [1.29, 1.82) is 0 Å². The topological polar surface area (TPSA) is 69.4 Å². The first-order chi connectivity index (χ1) is 18.5. The molecular weight excluding hydrogens is 478 g/mol. The van der Waals surface area contributed by atoms with Crippen molar-refractivity contribution < 1.29 is 9.53 Å². The van der Waals surface area contributed by atoms with Gasteiger partial charge in [0.2, 0.25) is 12.5 Å². The molecule has 0 spiro atoms. The number of benzene rings is 1. The lowest BCUT2D eigenvalue weighted by Gasteiger charge is -2.40. The lowest BCUT2D eigenvalue weighted by molar-refractivity contribution is -0.128. The highest BCUT2D eigenvalue weighted by molar-refractivity contribution is 5.87. The Morgan fingerprint density at radius 2 is 2.05 bits per heavy atom. The van der Waals surface area contributed by atoms with Crippen LogP contribution in [0.15, 0.2) is 36.9 Å². The maximum Gasteiger partial charge on any atom is 0.318 e. The summed E-state index contributed by atoms with van der Waals surface area (Å²) in [5.74, 6) is 0.748. The lowest BCUT2D eigenvalue weighted by Crippen LogP contribution is -2.56. The van der Waals surface area contributed by atoms with Gasteiger partial charge in [-0.1, -0.05) is 30.8 Å². The molecule has 0 aliphatic carbocycles. The van der Waals surface area contributed by atoms with Crippen molar-refractivity contribution in [3.8, 4) is 6.01 Å². The summed E-state index contributed by atoms with van der Waals surface area (Å²) < 4.78 is 6.21. The minimum atomic E-state index is -0.210. The molecule has 4 heterocycles. The van der Waals surface area contributed by atoms with Gasteiger partial charge >= 0.3 is 6.01 Å². The minimum absolute atomic E-state index is 0.125. The van der Waals surface area contributed by atoms with E-state index in [2.05, 4.69) is 64.4 Å². The van der Waals surface area contributed by atoms with Crippen molar-refractivity contribution in [1.82, 2.24) is 24.7 Å². The fourth-order valence-corrected chi connectivity index (χ4v) is 5.82. The fourth-order valence-electron chi connectivity index (χ4n) is 5.82. The zero-order valence-corrected chi connectivity index (χ0v) is 22.5. The molecule has 0 unspecified atom stereocenters. The molecule has 0 radical (unpaired) electrons. The number of amides is 1. The number of hydrogen-bond donors (Lipinski definition) is 0. The first kappa shape index (κ1) is 26.1. The normalized spacial score (nSPS) is 21.8. The van der Waals surface area contributed by atoms with Gasteiger partial charge in [-0.05, 0) is 50.6 Å². The smallest absolute Gasteiger partial charge is 0.318 e. The highest BCUT2D eigenvalue weighted by Gasteiger charge is 2.35. The van der Waals surface area contributed by atoms with E-state index >= 15 is 0 Å². The van der Waals surface area contributed by atoms with Crippen molar-refractivity contribution >= 4 is 11.7 Å². The van der Waals surface area contributed by atoms with Crippen LogP contribution in [0.1, 0.15) is 35.2 Å².